The predicted octanol–water partition coefficient (Wildman–Crippen LogP) is 1.54. The van der Waals surface area contributed by atoms with Gasteiger partial charge >= 0.3 is 6.18 Å². The molecule has 102 valence electrons. The number of nitrogens with two attached hydrogens (primary N) is 1. The lowest BCUT2D eigenvalue weighted by atomic mass is 10.1. The normalized spacial score (nSPS) is 14.4. The molecule has 0 aliphatic heterocycles. The van der Waals surface area contributed by atoms with E-state index in [9.17, 15) is 13.2 Å². The summed E-state index contributed by atoms with van der Waals surface area (Å²) in [4.78, 5) is 1.08. The molecule has 0 saturated carbocycles. The van der Waals surface area contributed by atoms with Gasteiger partial charge in [-0.3, -0.25) is 4.90 Å². The highest BCUT2D eigenvalue weighted by Gasteiger charge is 2.42. The molecule has 0 amide bonds. The summed E-state index contributed by atoms with van der Waals surface area (Å²) in [6, 6.07) is -0.0549. The van der Waals surface area contributed by atoms with Gasteiger partial charge in [0.2, 0.25) is 0 Å². The third-order valence-corrected chi connectivity index (χ3v) is 2.77. The minimum atomic E-state index is -4.42. The summed E-state index contributed by atoms with van der Waals surface area (Å²) in [7, 11) is 0. The molecule has 0 rings (SSSR count). The number of halogens is 3. The number of thiocarbonyl (C=S) groups is 1. The molecule has 0 aromatic carbocycles. The number of rotatable bonds is 7. The standard InChI is InChI=1S/C10H19F3N2OS/c1-7(2)15(4-3-5-16)6-8(9(14)17)10(11,12)13/h7-8,16H,3-6H2,1-2H3,(H2,14,17). The van der Waals surface area contributed by atoms with Crippen LogP contribution in [0.4, 0.5) is 13.2 Å². The van der Waals surface area contributed by atoms with Gasteiger partial charge in [0.15, 0.2) is 0 Å². The molecule has 3 N–H and O–H groups in total. The van der Waals surface area contributed by atoms with Crippen LogP contribution >= 0.6 is 12.2 Å². The Morgan fingerprint density at radius 2 is 1.94 bits per heavy atom. The zero-order valence-corrected chi connectivity index (χ0v) is 10.8. The molecule has 0 aromatic rings. The third-order valence-electron chi connectivity index (χ3n) is 2.49. The summed E-state index contributed by atoms with van der Waals surface area (Å²) < 4.78 is 38.0. The Kier molecular flexibility index (Phi) is 6.96. The fraction of sp³-hybridized carbons (Fsp3) is 0.900. The van der Waals surface area contributed by atoms with E-state index in [1.807, 2.05) is 0 Å². The maximum Gasteiger partial charge on any atom is 0.399 e. The van der Waals surface area contributed by atoms with Gasteiger partial charge in [-0.25, -0.2) is 0 Å². The third kappa shape index (κ3) is 6.18. The quantitative estimate of drug-likeness (QED) is 0.690. The number of aliphatic hydroxyl groups excluding tert-OH is 1. The molecule has 0 spiro atoms. The second kappa shape index (κ2) is 7.13. The second-order valence-corrected chi connectivity index (χ2v) is 4.63. The topological polar surface area (TPSA) is 49.5 Å². The van der Waals surface area contributed by atoms with Crippen LogP contribution in [0.1, 0.15) is 20.3 Å². The molecule has 0 aliphatic carbocycles. The van der Waals surface area contributed by atoms with Crippen LogP contribution in [0.15, 0.2) is 0 Å². The van der Waals surface area contributed by atoms with Crippen molar-refractivity contribution in [3.8, 4) is 0 Å². The monoisotopic (exact) mass is 272 g/mol. The summed E-state index contributed by atoms with van der Waals surface area (Å²) in [6.45, 7) is 3.68. The van der Waals surface area contributed by atoms with Crippen LogP contribution in [0.2, 0.25) is 0 Å². The number of aliphatic hydroxyl groups is 1. The zero-order valence-electron chi connectivity index (χ0n) is 10.00. The molecule has 0 saturated heterocycles. The predicted molar refractivity (Wildman–Crippen MR) is 64.7 cm³/mol. The van der Waals surface area contributed by atoms with Crippen LogP contribution < -0.4 is 5.73 Å². The smallest absolute Gasteiger partial charge is 0.396 e. The highest BCUT2D eigenvalue weighted by molar-refractivity contribution is 7.80. The molecule has 17 heavy (non-hydrogen) atoms. The van der Waals surface area contributed by atoms with Crippen LogP contribution in [0, 0.1) is 5.92 Å². The Morgan fingerprint density at radius 3 is 2.24 bits per heavy atom. The maximum absolute atomic E-state index is 12.7. The van der Waals surface area contributed by atoms with Crippen molar-refractivity contribution in [3.63, 3.8) is 0 Å². The van der Waals surface area contributed by atoms with Crippen LogP contribution in [0.25, 0.3) is 0 Å². The van der Waals surface area contributed by atoms with Crippen LogP contribution in [-0.2, 0) is 0 Å². The van der Waals surface area contributed by atoms with E-state index in [0.29, 0.717) is 13.0 Å². The average molecular weight is 272 g/mol. The molecule has 7 heteroatoms. The van der Waals surface area contributed by atoms with Gasteiger partial charge in [-0.1, -0.05) is 12.2 Å². The van der Waals surface area contributed by atoms with E-state index in [2.05, 4.69) is 12.2 Å². The van der Waals surface area contributed by atoms with E-state index in [-0.39, 0.29) is 19.2 Å². The molecule has 0 heterocycles. The Labute approximate surface area is 105 Å². The molecular weight excluding hydrogens is 253 g/mol. The molecule has 3 nitrogen and oxygen atoms in total. The largest absolute Gasteiger partial charge is 0.399 e. The summed E-state index contributed by atoms with van der Waals surface area (Å²) in [5, 5.41) is 8.70. The van der Waals surface area contributed by atoms with Gasteiger partial charge in [0.05, 0.1) is 4.99 Å². The number of hydrogen-bond acceptors (Lipinski definition) is 3. The van der Waals surface area contributed by atoms with E-state index < -0.39 is 17.1 Å². The first-order valence-corrected chi connectivity index (χ1v) is 5.82. The van der Waals surface area contributed by atoms with E-state index >= 15 is 0 Å². The lowest BCUT2D eigenvalue weighted by Gasteiger charge is -2.31. The Hall–Kier alpha value is -0.400. The van der Waals surface area contributed by atoms with Crippen molar-refractivity contribution < 1.29 is 18.3 Å². The van der Waals surface area contributed by atoms with Crippen molar-refractivity contribution in [2.24, 2.45) is 11.7 Å². The molecule has 0 aliphatic rings. The minimum absolute atomic E-state index is 0.0486. The summed E-state index contributed by atoms with van der Waals surface area (Å²) in [5.74, 6) is -1.79. The van der Waals surface area contributed by atoms with Crippen molar-refractivity contribution in [2.45, 2.75) is 32.5 Å². The van der Waals surface area contributed by atoms with Crippen molar-refractivity contribution in [3.05, 3.63) is 0 Å². The van der Waals surface area contributed by atoms with Crippen molar-refractivity contribution >= 4 is 17.2 Å². The van der Waals surface area contributed by atoms with Crippen LogP contribution in [0.3, 0.4) is 0 Å². The Bertz CT molecular complexity index is 246. The number of hydrogen-bond donors (Lipinski definition) is 2. The highest BCUT2D eigenvalue weighted by Crippen LogP contribution is 2.27. The summed E-state index contributed by atoms with van der Waals surface area (Å²) >= 11 is 4.46. The van der Waals surface area contributed by atoms with E-state index in [1.165, 1.54) is 0 Å². The molecule has 0 aromatic heterocycles. The van der Waals surface area contributed by atoms with Gasteiger partial charge in [-0.05, 0) is 20.3 Å². The first-order chi connectivity index (χ1) is 7.70. The van der Waals surface area contributed by atoms with Crippen molar-refractivity contribution in [2.75, 3.05) is 19.7 Å². The Morgan fingerprint density at radius 1 is 1.41 bits per heavy atom. The van der Waals surface area contributed by atoms with Gasteiger partial charge in [0.1, 0.15) is 5.92 Å². The minimum Gasteiger partial charge on any atom is -0.396 e. The summed E-state index contributed by atoms with van der Waals surface area (Å²) in [6.07, 6.45) is -3.99. The molecular formula is C10H19F3N2OS. The maximum atomic E-state index is 12.7. The zero-order chi connectivity index (χ0) is 13.6. The Balaban J connectivity index is 4.63. The van der Waals surface area contributed by atoms with Crippen LogP contribution in [0.5, 0.6) is 0 Å². The first-order valence-electron chi connectivity index (χ1n) is 5.41. The van der Waals surface area contributed by atoms with Gasteiger partial charge < -0.3 is 10.8 Å². The lowest BCUT2D eigenvalue weighted by Crippen LogP contribution is -2.46. The lowest BCUT2D eigenvalue weighted by molar-refractivity contribution is -0.160. The number of alkyl halides is 3. The first kappa shape index (κ1) is 16.6. The molecule has 1 unspecified atom stereocenters. The van der Waals surface area contributed by atoms with Gasteiger partial charge in [-0.15, -0.1) is 0 Å². The van der Waals surface area contributed by atoms with E-state index in [4.69, 9.17) is 10.8 Å². The van der Waals surface area contributed by atoms with Crippen LogP contribution in [-0.4, -0.2) is 46.9 Å². The fourth-order valence-electron chi connectivity index (χ4n) is 1.42. The molecule has 0 radical (unpaired) electrons. The van der Waals surface area contributed by atoms with E-state index in [0.717, 1.165) is 0 Å². The fourth-order valence-corrected chi connectivity index (χ4v) is 1.63. The molecule has 0 fully saturated rings. The average Bonchev–Trinajstić information content (AvgIpc) is 2.14. The van der Waals surface area contributed by atoms with Gasteiger partial charge in [-0.2, -0.15) is 13.2 Å². The number of nitrogens with zero attached hydrogens (tertiary/aromatic N) is 1. The molecule has 0 bridgehead atoms. The second-order valence-electron chi connectivity index (χ2n) is 4.16. The summed E-state index contributed by atoms with van der Waals surface area (Å²) in [5.41, 5.74) is 5.14. The van der Waals surface area contributed by atoms with Gasteiger partial charge in [0, 0.05) is 25.7 Å². The van der Waals surface area contributed by atoms with Crippen molar-refractivity contribution in [1.29, 1.82) is 0 Å². The molecule has 1 atom stereocenters. The van der Waals surface area contributed by atoms with Crippen molar-refractivity contribution in [1.82, 2.24) is 4.90 Å². The highest BCUT2D eigenvalue weighted by atomic mass is 32.1. The van der Waals surface area contributed by atoms with E-state index in [1.54, 1.807) is 18.7 Å². The SMILES string of the molecule is CC(C)N(CCCO)CC(C(N)=S)C(F)(F)F. The van der Waals surface area contributed by atoms with Gasteiger partial charge in [0.25, 0.3) is 0 Å².